The second-order valence-electron chi connectivity index (χ2n) is 5.07. The van der Waals surface area contributed by atoms with Crippen LogP contribution in [0.4, 0.5) is 20.2 Å². The molecular formula is C16H14F2N2O3. The van der Waals surface area contributed by atoms with E-state index >= 15 is 0 Å². The summed E-state index contributed by atoms with van der Waals surface area (Å²) in [5.41, 5.74) is 1.25. The monoisotopic (exact) mass is 320 g/mol. The van der Waals surface area contributed by atoms with Crippen molar-refractivity contribution in [3.05, 3.63) is 48.5 Å². The molecule has 0 fully saturated rings. The van der Waals surface area contributed by atoms with Crippen LogP contribution in [0.3, 0.4) is 0 Å². The zero-order chi connectivity index (χ0) is 16.4. The lowest BCUT2D eigenvalue weighted by Gasteiger charge is -2.18. The molecule has 0 radical (unpaired) electrons. The van der Waals surface area contributed by atoms with Crippen LogP contribution < -0.4 is 19.7 Å². The summed E-state index contributed by atoms with van der Waals surface area (Å²) >= 11 is 0. The number of halogens is 2. The van der Waals surface area contributed by atoms with Crippen LogP contribution in [0.25, 0.3) is 0 Å². The van der Waals surface area contributed by atoms with E-state index in [-0.39, 0.29) is 24.0 Å². The standard InChI is InChI=1S/C16H14F2N2O3/c1-20(12-5-3-2-4-6-12)10-15(21)19-11-7-8-13-14(9-11)23-16(17,18)22-13/h2-9H,10H2,1H3,(H,19,21). The Morgan fingerprint density at radius 1 is 1.13 bits per heavy atom. The summed E-state index contributed by atoms with van der Waals surface area (Å²) in [4.78, 5) is 13.8. The van der Waals surface area contributed by atoms with Gasteiger partial charge in [0.2, 0.25) is 5.91 Å². The van der Waals surface area contributed by atoms with Gasteiger partial charge in [0.15, 0.2) is 11.5 Å². The number of hydrogen-bond acceptors (Lipinski definition) is 4. The molecule has 120 valence electrons. The summed E-state index contributed by atoms with van der Waals surface area (Å²) in [6, 6.07) is 13.5. The van der Waals surface area contributed by atoms with Gasteiger partial charge in [-0.25, -0.2) is 0 Å². The van der Waals surface area contributed by atoms with Gasteiger partial charge in [-0.3, -0.25) is 4.79 Å². The van der Waals surface area contributed by atoms with Gasteiger partial charge in [-0.05, 0) is 24.3 Å². The second kappa shape index (κ2) is 5.75. The zero-order valence-corrected chi connectivity index (χ0v) is 12.3. The van der Waals surface area contributed by atoms with E-state index in [1.807, 2.05) is 30.3 Å². The first-order valence-electron chi connectivity index (χ1n) is 6.89. The van der Waals surface area contributed by atoms with Crippen molar-refractivity contribution in [1.29, 1.82) is 0 Å². The van der Waals surface area contributed by atoms with Gasteiger partial charge in [0, 0.05) is 24.5 Å². The predicted molar refractivity (Wildman–Crippen MR) is 81.0 cm³/mol. The summed E-state index contributed by atoms with van der Waals surface area (Å²) in [5, 5.41) is 2.64. The van der Waals surface area contributed by atoms with Gasteiger partial charge in [0.1, 0.15) is 0 Å². The van der Waals surface area contributed by atoms with Crippen molar-refractivity contribution in [2.45, 2.75) is 6.29 Å². The Morgan fingerprint density at radius 3 is 2.57 bits per heavy atom. The Morgan fingerprint density at radius 2 is 1.83 bits per heavy atom. The van der Waals surface area contributed by atoms with Gasteiger partial charge in [0.05, 0.1) is 6.54 Å². The third-order valence-electron chi connectivity index (χ3n) is 3.26. The molecule has 0 saturated carbocycles. The number of anilines is 2. The minimum absolute atomic E-state index is 0.0607. The number of likely N-dealkylation sites (N-methyl/N-ethyl adjacent to an activating group) is 1. The fraction of sp³-hybridized carbons (Fsp3) is 0.188. The van der Waals surface area contributed by atoms with Crippen LogP contribution in [0.5, 0.6) is 11.5 Å². The molecule has 5 nitrogen and oxygen atoms in total. The molecule has 1 aliphatic rings. The molecular weight excluding hydrogens is 306 g/mol. The lowest BCUT2D eigenvalue weighted by atomic mass is 10.2. The van der Waals surface area contributed by atoms with Gasteiger partial charge in [-0.1, -0.05) is 18.2 Å². The number of carbonyl (C=O) groups is 1. The van der Waals surface area contributed by atoms with Crippen LogP contribution in [-0.4, -0.2) is 25.8 Å². The molecule has 0 atom stereocenters. The number of fused-ring (bicyclic) bond motifs is 1. The van der Waals surface area contributed by atoms with Crippen LogP contribution in [0.1, 0.15) is 0 Å². The molecule has 0 saturated heterocycles. The number of rotatable bonds is 4. The lowest BCUT2D eigenvalue weighted by molar-refractivity contribution is -0.286. The number of ether oxygens (including phenoxy) is 2. The largest absolute Gasteiger partial charge is 0.586 e. The highest BCUT2D eigenvalue weighted by Gasteiger charge is 2.43. The number of alkyl halides is 2. The molecule has 3 rings (SSSR count). The third kappa shape index (κ3) is 3.50. The van der Waals surface area contributed by atoms with Crippen LogP contribution in [-0.2, 0) is 4.79 Å². The average Bonchev–Trinajstić information content (AvgIpc) is 2.81. The highest BCUT2D eigenvalue weighted by atomic mass is 19.3. The molecule has 1 N–H and O–H groups in total. The second-order valence-corrected chi connectivity index (χ2v) is 5.07. The smallest absolute Gasteiger partial charge is 0.395 e. The van der Waals surface area contributed by atoms with Gasteiger partial charge in [0.25, 0.3) is 0 Å². The summed E-state index contributed by atoms with van der Waals surface area (Å²) in [5.74, 6) is -0.444. The zero-order valence-electron chi connectivity index (χ0n) is 12.3. The highest BCUT2D eigenvalue weighted by molar-refractivity contribution is 5.94. The first-order chi connectivity index (χ1) is 10.9. The molecule has 2 aromatic rings. The topological polar surface area (TPSA) is 50.8 Å². The molecule has 0 aromatic heterocycles. The minimum Gasteiger partial charge on any atom is -0.395 e. The third-order valence-corrected chi connectivity index (χ3v) is 3.26. The van der Waals surface area contributed by atoms with Crippen molar-refractivity contribution < 1.29 is 23.0 Å². The van der Waals surface area contributed by atoms with Crippen LogP contribution >= 0.6 is 0 Å². The van der Waals surface area contributed by atoms with Crippen LogP contribution in [0, 0.1) is 0 Å². The maximum absolute atomic E-state index is 13.0. The molecule has 0 bridgehead atoms. The number of nitrogens with one attached hydrogen (secondary N) is 1. The number of benzene rings is 2. The van der Waals surface area contributed by atoms with E-state index in [9.17, 15) is 13.6 Å². The van der Waals surface area contributed by atoms with E-state index in [4.69, 9.17) is 0 Å². The fourth-order valence-corrected chi connectivity index (χ4v) is 2.22. The average molecular weight is 320 g/mol. The molecule has 1 heterocycles. The van der Waals surface area contributed by atoms with E-state index in [2.05, 4.69) is 14.8 Å². The minimum atomic E-state index is -3.67. The Bertz CT molecular complexity index is 723. The summed E-state index contributed by atoms with van der Waals surface area (Å²) in [6.07, 6.45) is -3.67. The van der Waals surface area contributed by atoms with Crippen molar-refractivity contribution in [3.63, 3.8) is 0 Å². The van der Waals surface area contributed by atoms with Crippen LogP contribution in [0.15, 0.2) is 48.5 Å². The van der Waals surface area contributed by atoms with E-state index in [0.29, 0.717) is 5.69 Å². The van der Waals surface area contributed by atoms with Gasteiger partial charge >= 0.3 is 6.29 Å². The van der Waals surface area contributed by atoms with E-state index in [1.54, 1.807) is 11.9 Å². The van der Waals surface area contributed by atoms with Gasteiger partial charge < -0.3 is 19.7 Å². The van der Waals surface area contributed by atoms with Gasteiger partial charge in [-0.2, -0.15) is 0 Å². The number of amides is 1. The highest BCUT2D eigenvalue weighted by Crippen LogP contribution is 2.42. The molecule has 0 spiro atoms. The first kappa shape index (κ1) is 15.1. The summed E-state index contributed by atoms with van der Waals surface area (Å²) in [6.45, 7) is 0.120. The normalized spacial score (nSPS) is 14.4. The molecule has 7 heteroatoms. The van der Waals surface area contributed by atoms with Crippen molar-refractivity contribution in [2.24, 2.45) is 0 Å². The summed E-state index contributed by atoms with van der Waals surface area (Å²) in [7, 11) is 1.79. The molecule has 0 unspecified atom stereocenters. The van der Waals surface area contributed by atoms with Gasteiger partial charge in [-0.15, -0.1) is 8.78 Å². The Balaban J connectivity index is 1.63. The Hall–Kier alpha value is -2.83. The fourth-order valence-electron chi connectivity index (χ4n) is 2.22. The number of carbonyl (C=O) groups excluding carboxylic acids is 1. The van der Waals surface area contributed by atoms with Crippen molar-refractivity contribution in [2.75, 3.05) is 23.8 Å². The Kier molecular flexibility index (Phi) is 3.77. The predicted octanol–water partition coefficient (Wildman–Crippen LogP) is 3.08. The van der Waals surface area contributed by atoms with Crippen LogP contribution in [0.2, 0.25) is 0 Å². The first-order valence-corrected chi connectivity index (χ1v) is 6.89. The summed E-state index contributed by atoms with van der Waals surface area (Å²) < 4.78 is 34.6. The van der Waals surface area contributed by atoms with Crippen molar-refractivity contribution in [1.82, 2.24) is 0 Å². The quantitative estimate of drug-likeness (QED) is 0.940. The number of hydrogen-bond donors (Lipinski definition) is 1. The number of para-hydroxylation sites is 1. The van der Waals surface area contributed by atoms with Crippen molar-refractivity contribution in [3.8, 4) is 11.5 Å². The SMILES string of the molecule is CN(CC(=O)Nc1ccc2c(c1)OC(F)(F)O2)c1ccccc1. The van der Waals surface area contributed by atoms with E-state index < -0.39 is 6.29 Å². The van der Waals surface area contributed by atoms with E-state index in [1.165, 1.54) is 18.2 Å². The maximum Gasteiger partial charge on any atom is 0.586 e. The molecule has 2 aromatic carbocycles. The number of nitrogens with zero attached hydrogens (tertiary/aromatic N) is 1. The molecule has 23 heavy (non-hydrogen) atoms. The lowest BCUT2D eigenvalue weighted by Crippen LogP contribution is -2.29. The maximum atomic E-state index is 13.0. The van der Waals surface area contributed by atoms with E-state index in [0.717, 1.165) is 5.69 Å². The Labute approximate surface area is 131 Å². The van der Waals surface area contributed by atoms with Crippen molar-refractivity contribution >= 4 is 17.3 Å². The molecule has 1 amide bonds. The molecule has 0 aliphatic carbocycles. The molecule has 1 aliphatic heterocycles.